The third-order valence-corrected chi connectivity index (χ3v) is 5.92. The monoisotopic (exact) mass is 417 g/mol. The average Bonchev–Trinajstić information content (AvgIpc) is 3.56. The summed E-state index contributed by atoms with van der Waals surface area (Å²) in [6.45, 7) is 2.45. The molecule has 1 aliphatic carbocycles. The summed E-state index contributed by atoms with van der Waals surface area (Å²) < 4.78 is 0. The Hall–Kier alpha value is -3.55. The van der Waals surface area contributed by atoms with Crippen molar-refractivity contribution >= 4 is 23.4 Å². The van der Waals surface area contributed by atoms with Crippen LogP contribution in [0.3, 0.4) is 0 Å². The van der Waals surface area contributed by atoms with Gasteiger partial charge in [0.15, 0.2) is 0 Å². The molecule has 0 atom stereocenters. The van der Waals surface area contributed by atoms with E-state index in [4.69, 9.17) is 0 Å². The fourth-order valence-corrected chi connectivity index (χ4v) is 4.25. The number of anilines is 1. The van der Waals surface area contributed by atoms with Crippen molar-refractivity contribution in [1.82, 2.24) is 19.8 Å². The number of aryl methyl sites for hydroxylation is 1. The zero-order valence-electron chi connectivity index (χ0n) is 17.3. The van der Waals surface area contributed by atoms with Gasteiger partial charge in [-0.15, -0.1) is 0 Å². The van der Waals surface area contributed by atoms with E-state index in [2.05, 4.69) is 15.3 Å². The minimum Gasteiger partial charge on any atom is -0.357 e. The zero-order valence-corrected chi connectivity index (χ0v) is 17.3. The van der Waals surface area contributed by atoms with Crippen molar-refractivity contribution in [2.45, 2.75) is 38.6 Å². The number of hydrogen-bond donors (Lipinski definition) is 1. The lowest BCUT2D eigenvalue weighted by molar-refractivity contribution is -0.138. The van der Waals surface area contributed by atoms with Crippen LogP contribution in [0.4, 0.5) is 5.69 Å². The molecule has 3 amide bonds. The fourth-order valence-electron chi connectivity index (χ4n) is 4.25. The van der Waals surface area contributed by atoms with Crippen molar-refractivity contribution in [3.05, 3.63) is 53.6 Å². The molecular weight excluding hydrogens is 394 g/mol. The molecular formula is C23H23N5O3. The first-order chi connectivity index (χ1) is 15.0. The van der Waals surface area contributed by atoms with Crippen LogP contribution in [0.1, 0.15) is 31.4 Å². The number of carbonyl (C=O) groups is 3. The number of hydrogen-bond acceptors (Lipinski definition) is 6. The van der Waals surface area contributed by atoms with Crippen LogP contribution < -0.4 is 5.32 Å². The largest absolute Gasteiger partial charge is 0.357 e. The minimum atomic E-state index is -0.242. The van der Waals surface area contributed by atoms with E-state index in [1.165, 1.54) is 4.90 Å². The molecule has 3 aliphatic rings. The van der Waals surface area contributed by atoms with Gasteiger partial charge in [-0.3, -0.25) is 29.3 Å². The summed E-state index contributed by atoms with van der Waals surface area (Å²) in [5.41, 5.74) is 3.98. The van der Waals surface area contributed by atoms with Crippen molar-refractivity contribution in [2.75, 3.05) is 18.4 Å². The molecule has 5 rings (SSSR count). The Morgan fingerprint density at radius 3 is 2.74 bits per heavy atom. The molecule has 4 heterocycles. The van der Waals surface area contributed by atoms with E-state index in [0.29, 0.717) is 35.6 Å². The molecule has 1 N–H and O–H groups in total. The quantitative estimate of drug-likeness (QED) is 0.750. The maximum Gasteiger partial charge on any atom is 0.277 e. The Morgan fingerprint density at radius 1 is 1.19 bits per heavy atom. The second-order valence-corrected chi connectivity index (χ2v) is 8.18. The summed E-state index contributed by atoms with van der Waals surface area (Å²) in [4.78, 5) is 50.1. The molecule has 31 heavy (non-hydrogen) atoms. The van der Waals surface area contributed by atoms with Crippen LogP contribution in [-0.2, 0) is 14.4 Å². The third kappa shape index (κ3) is 3.58. The topological polar surface area (TPSA) is 95.5 Å². The predicted octanol–water partition coefficient (Wildman–Crippen LogP) is 2.27. The van der Waals surface area contributed by atoms with Crippen molar-refractivity contribution in [3.8, 4) is 11.3 Å². The minimum absolute atomic E-state index is 0.0279. The summed E-state index contributed by atoms with van der Waals surface area (Å²) in [5, 5.41) is 2.90. The number of nitrogens with one attached hydrogen (secondary N) is 1. The highest BCUT2D eigenvalue weighted by Crippen LogP contribution is 2.38. The van der Waals surface area contributed by atoms with Crippen LogP contribution in [0.25, 0.3) is 11.3 Å². The lowest BCUT2D eigenvalue weighted by Crippen LogP contribution is -2.40. The SMILES string of the molecule is Cc1nc(-c2cccnc2)ccc1NC(=O)CN1CCCC2=C1C(=O)N(C1CC1)C2=O. The average molecular weight is 417 g/mol. The van der Waals surface area contributed by atoms with Crippen LogP contribution in [0.5, 0.6) is 0 Å². The van der Waals surface area contributed by atoms with Gasteiger partial charge in [0, 0.05) is 36.1 Å². The number of carbonyl (C=O) groups excluding carboxylic acids is 3. The highest BCUT2D eigenvalue weighted by atomic mass is 16.2. The van der Waals surface area contributed by atoms with E-state index in [-0.39, 0.29) is 30.3 Å². The molecule has 8 nitrogen and oxygen atoms in total. The Labute approximate surface area is 180 Å². The molecule has 0 aromatic carbocycles. The normalized spacial score (nSPS) is 18.5. The van der Waals surface area contributed by atoms with Crippen LogP contribution in [0.15, 0.2) is 47.9 Å². The molecule has 2 aromatic rings. The summed E-state index contributed by atoms with van der Waals surface area (Å²) in [7, 11) is 0. The van der Waals surface area contributed by atoms with Gasteiger partial charge in [0.25, 0.3) is 11.8 Å². The van der Waals surface area contributed by atoms with E-state index in [1.807, 2.05) is 31.2 Å². The first kappa shape index (κ1) is 19.4. The maximum atomic E-state index is 12.9. The second-order valence-electron chi connectivity index (χ2n) is 8.18. The first-order valence-corrected chi connectivity index (χ1v) is 10.6. The maximum absolute atomic E-state index is 12.9. The Balaban J connectivity index is 1.29. The number of nitrogens with zero attached hydrogens (tertiary/aromatic N) is 4. The van der Waals surface area contributed by atoms with E-state index in [9.17, 15) is 14.4 Å². The van der Waals surface area contributed by atoms with Crippen LogP contribution in [-0.4, -0.2) is 56.6 Å². The zero-order chi connectivity index (χ0) is 21.5. The molecule has 0 radical (unpaired) electrons. The molecule has 2 aromatic heterocycles. The van der Waals surface area contributed by atoms with Gasteiger partial charge >= 0.3 is 0 Å². The summed E-state index contributed by atoms with van der Waals surface area (Å²) in [5.74, 6) is -0.648. The smallest absolute Gasteiger partial charge is 0.277 e. The molecule has 0 saturated heterocycles. The van der Waals surface area contributed by atoms with Crippen molar-refractivity contribution in [2.24, 2.45) is 0 Å². The van der Waals surface area contributed by atoms with Gasteiger partial charge in [-0.2, -0.15) is 0 Å². The van der Waals surface area contributed by atoms with Gasteiger partial charge in [0.2, 0.25) is 5.91 Å². The lowest BCUT2D eigenvalue weighted by atomic mass is 10.0. The van der Waals surface area contributed by atoms with E-state index < -0.39 is 0 Å². The van der Waals surface area contributed by atoms with E-state index in [0.717, 1.165) is 30.5 Å². The van der Waals surface area contributed by atoms with E-state index >= 15 is 0 Å². The summed E-state index contributed by atoms with van der Waals surface area (Å²) in [6, 6.07) is 7.48. The number of amides is 3. The summed E-state index contributed by atoms with van der Waals surface area (Å²) >= 11 is 0. The molecule has 1 fully saturated rings. The number of imide groups is 1. The highest BCUT2D eigenvalue weighted by Gasteiger charge is 2.48. The second kappa shape index (κ2) is 7.61. The van der Waals surface area contributed by atoms with Crippen LogP contribution in [0, 0.1) is 6.92 Å². The van der Waals surface area contributed by atoms with Crippen molar-refractivity contribution in [3.63, 3.8) is 0 Å². The van der Waals surface area contributed by atoms with Crippen LogP contribution >= 0.6 is 0 Å². The summed E-state index contributed by atoms with van der Waals surface area (Å²) in [6.07, 6.45) is 6.55. The van der Waals surface area contributed by atoms with E-state index in [1.54, 1.807) is 17.3 Å². The Morgan fingerprint density at radius 2 is 2.03 bits per heavy atom. The number of pyridine rings is 2. The standard InChI is InChI=1S/C23H23N5O3/c1-14-18(8-9-19(25-14)15-4-2-10-24-12-15)26-20(29)13-27-11-3-5-17-21(27)23(31)28(22(17)30)16-6-7-16/h2,4,8-10,12,16H,3,5-7,11,13H2,1H3,(H,26,29). The highest BCUT2D eigenvalue weighted by molar-refractivity contribution is 6.19. The van der Waals surface area contributed by atoms with Gasteiger partial charge in [-0.05, 0) is 56.9 Å². The van der Waals surface area contributed by atoms with Crippen molar-refractivity contribution in [1.29, 1.82) is 0 Å². The van der Waals surface area contributed by atoms with Crippen LogP contribution in [0.2, 0.25) is 0 Å². The molecule has 0 bridgehead atoms. The molecule has 158 valence electrons. The number of rotatable bonds is 5. The molecule has 0 unspecified atom stereocenters. The first-order valence-electron chi connectivity index (χ1n) is 10.6. The molecule has 0 spiro atoms. The Bertz CT molecular complexity index is 1110. The van der Waals surface area contributed by atoms with Crippen molar-refractivity contribution < 1.29 is 14.4 Å². The predicted molar refractivity (Wildman–Crippen MR) is 114 cm³/mol. The van der Waals surface area contributed by atoms with Gasteiger partial charge in [-0.25, -0.2) is 0 Å². The lowest BCUT2D eigenvalue weighted by Gasteiger charge is -2.28. The Kier molecular flexibility index (Phi) is 4.77. The molecule has 8 heteroatoms. The number of aromatic nitrogens is 2. The molecule has 1 saturated carbocycles. The van der Waals surface area contributed by atoms with Gasteiger partial charge < -0.3 is 10.2 Å². The fraction of sp³-hybridized carbons (Fsp3) is 0.348. The third-order valence-electron chi connectivity index (χ3n) is 5.92. The van der Waals surface area contributed by atoms with Gasteiger partial charge in [0.05, 0.1) is 23.6 Å². The van der Waals surface area contributed by atoms with Gasteiger partial charge in [-0.1, -0.05) is 0 Å². The molecule has 2 aliphatic heterocycles. The van der Waals surface area contributed by atoms with Gasteiger partial charge in [0.1, 0.15) is 5.70 Å².